The number of hydrogen-bond acceptors (Lipinski definition) is 1. The molecule has 114 valence electrons. The van der Waals surface area contributed by atoms with Crippen LogP contribution in [-0.4, -0.2) is 13.6 Å². The first-order valence-electron chi connectivity index (χ1n) is 7.38. The van der Waals surface area contributed by atoms with E-state index in [-0.39, 0.29) is 56.9 Å². The van der Waals surface area contributed by atoms with E-state index in [0.29, 0.717) is 12.4 Å². The van der Waals surface area contributed by atoms with Gasteiger partial charge in [0.05, 0.1) is 6.61 Å². The minimum absolute atomic E-state index is 0. The van der Waals surface area contributed by atoms with Gasteiger partial charge in [-0.15, -0.1) is 5.46 Å². The normalized spacial score (nSPS) is 11.1. The number of ether oxygens (including phenoxy) is 1. The molecule has 0 aromatic heterocycles. The molecule has 0 fully saturated rings. The van der Waals surface area contributed by atoms with Gasteiger partial charge in [-0.2, -0.15) is 0 Å². The molecule has 1 nitrogen and oxygen atoms in total. The average Bonchev–Trinajstić information content (AvgIpc) is 2.36. The van der Waals surface area contributed by atoms with Crippen molar-refractivity contribution in [1.82, 2.24) is 0 Å². The van der Waals surface area contributed by atoms with Gasteiger partial charge < -0.3 is 17.7 Å². The third-order valence-electron chi connectivity index (χ3n) is 3.36. The molecule has 0 aliphatic heterocycles. The Balaban J connectivity index is 0.00000400. The molecule has 0 radical (unpaired) electrons. The van der Waals surface area contributed by atoms with E-state index >= 15 is 0 Å². The maximum atomic E-state index is 12.7. The summed E-state index contributed by atoms with van der Waals surface area (Å²) in [6, 6.07) is 4.00. The summed E-state index contributed by atoms with van der Waals surface area (Å²) in [5, 5.41) is 0. The van der Waals surface area contributed by atoms with Crippen LogP contribution in [0.25, 0.3) is 0 Å². The molecule has 0 N–H and O–H groups in total. The molecule has 0 amide bonds. The fourth-order valence-electron chi connectivity index (χ4n) is 2.18. The Morgan fingerprint density at radius 1 is 1.00 bits per heavy atom. The molecule has 0 aliphatic carbocycles. The van der Waals surface area contributed by atoms with Crippen molar-refractivity contribution < 1.29 is 69.1 Å². The molecule has 0 aliphatic rings. The molecule has 0 spiro atoms. The first kappa shape index (κ1) is 21.5. The molecule has 0 bridgehead atoms. The summed E-state index contributed by atoms with van der Waals surface area (Å²) in [5.74, 6) is 0.528. The van der Waals surface area contributed by atoms with Gasteiger partial charge >= 0.3 is 58.4 Å². The van der Waals surface area contributed by atoms with Gasteiger partial charge in [0.15, 0.2) is 0 Å². The molecule has 0 atom stereocenters. The van der Waals surface area contributed by atoms with Gasteiger partial charge in [-0.3, -0.25) is 0 Å². The molecule has 0 heterocycles. The van der Waals surface area contributed by atoms with Crippen molar-refractivity contribution in [2.24, 2.45) is 0 Å². The molecule has 1 aromatic rings. The minimum Gasteiger partial charge on any atom is -0.494 e. The van der Waals surface area contributed by atoms with Crippen molar-refractivity contribution in [1.29, 1.82) is 0 Å². The fourth-order valence-corrected chi connectivity index (χ4v) is 2.18. The molecule has 0 saturated carbocycles. The zero-order chi connectivity index (χ0) is 15.0. The molecule has 1 aromatic carbocycles. The minimum atomic E-state index is -4.93. The summed E-state index contributed by atoms with van der Waals surface area (Å²) < 4.78 is 43.5. The van der Waals surface area contributed by atoms with Crippen molar-refractivity contribution >= 4 is 12.4 Å². The second-order valence-corrected chi connectivity index (χ2v) is 5.21. The van der Waals surface area contributed by atoms with Crippen molar-refractivity contribution in [3.8, 4) is 5.75 Å². The van der Waals surface area contributed by atoms with E-state index in [1.165, 1.54) is 44.7 Å². The first-order chi connectivity index (χ1) is 9.45. The summed E-state index contributed by atoms with van der Waals surface area (Å²) in [6.45, 7) is -0.707. The summed E-state index contributed by atoms with van der Waals surface area (Å²) in [5.41, 5.74) is -0.296. The maximum absolute atomic E-state index is 12.7. The van der Waals surface area contributed by atoms with Crippen molar-refractivity contribution in [3.63, 3.8) is 0 Å². The Morgan fingerprint density at radius 3 is 2.19 bits per heavy atom. The van der Waals surface area contributed by atoms with Gasteiger partial charge in [-0.05, 0) is 25.5 Å². The summed E-state index contributed by atoms with van der Waals surface area (Å²) >= 11 is 0. The van der Waals surface area contributed by atoms with Crippen molar-refractivity contribution in [3.05, 3.63) is 23.8 Å². The summed E-state index contributed by atoms with van der Waals surface area (Å²) in [7, 11) is 0. The van der Waals surface area contributed by atoms with Crippen LogP contribution in [-0.2, 0) is 0 Å². The average molecular weight is 326 g/mol. The van der Waals surface area contributed by atoms with E-state index in [1.54, 1.807) is 0 Å². The van der Waals surface area contributed by atoms with Crippen molar-refractivity contribution in [2.45, 2.75) is 52.4 Å². The second-order valence-electron chi connectivity index (χ2n) is 5.21. The third kappa shape index (κ3) is 8.65. The van der Waals surface area contributed by atoms with Crippen LogP contribution in [0.5, 0.6) is 5.75 Å². The van der Waals surface area contributed by atoms with Gasteiger partial charge in [0.2, 0.25) is 0 Å². The van der Waals surface area contributed by atoms with Crippen LogP contribution in [0.4, 0.5) is 12.9 Å². The van der Waals surface area contributed by atoms with E-state index in [9.17, 15) is 12.9 Å². The zero-order valence-electron chi connectivity index (χ0n) is 13.3. The topological polar surface area (TPSA) is 9.23 Å². The van der Waals surface area contributed by atoms with Crippen LogP contribution >= 0.6 is 0 Å². The smallest absolute Gasteiger partial charge is 0.494 e. The van der Waals surface area contributed by atoms with Crippen LogP contribution in [0.2, 0.25) is 0 Å². The summed E-state index contributed by atoms with van der Waals surface area (Å²) in [6.07, 6.45) is 7.00. The van der Waals surface area contributed by atoms with Crippen LogP contribution < -0.4 is 61.6 Å². The van der Waals surface area contributed by atoms with Crippen LogP contribution in [0.15, 0.2) is 18.2 Å². The van der Waals surface area contributed by atoms with E-state index in [0.717, 1.165) is 18.9 Å². The molecule has 21 heavy (non-hydrogen) atoms. The quantitative estimate of drug-likeness (QED) is 0.497. The molecule has 0 saturated heterocycles. The number of benzene rings is 1. The van der Waals surface area contributed by atoms with Crippen LogP contribution in [0.3, 0.4) is 0 Å². The SMILES string of the molecule is CCCCCCCCOc1ccc([B-](F)(F)F)c(C)c1.[K+]. The van der Waals surface area contributed by atoms with E-state index in [2.05, 4.69) is 6.92 Å². The number of rotatable bonds is 9. The van der Waals surface area contributed by atoms with Gasteiger partial charge in [0, 0.05) is 0 Å². The predicted molar refractivity (Wildman–Crippen MR) is 78.8 cm³/mol. The van der Waals surface area contributed by atoms with E-state index < -0.39 is 12.4 Å². The van der Waals surface area contributed by atoms with Gasteiger partial charge in [0.1, 0.15) is 5.75 Å². The number of hydrogen-bond donors (Lipinski definition) is 0. The standard InChI is InChI=1S/C15H23BF3O.K/c1-3-4-5-6-7-8-11-20-14-9-10-15(13(2)12-14)16(17,18)19;/h9-10,12H,3-8,11H2,1-2H3;/q-1;+1. The maximum Gasteiger partial charge on any atom is 1.00 e. The Morgan fingerprint density at radius 2 is 1.62 bits per heavy atom. The summed E-state index contributed by atoms with van der Waals surface area (Å²) in [4.78, 5) is 0. The fraction of sp³-hybridized carbons (Fsp3) is 0.600. The Labute approximate surface area is 168 Å². The predicted octanol–water partition coefficient (Wildman–Crippen LogP) is 1.79. The van der Waals surface area contributed by atoms with Gasteiger partial charge in [-0.25, -0.2) is 0 Å². The zero-order valence-corrected chi connectivity index (χ0v) is 16.4. The monoisotopic (exact) mass is 326 g/mol. The van der Waals surface area contributed by atoms with Crippen LogP contribution in [0.1, 0.15) is 51.0 Å². The van der Waals surface area contributed by atoms with E-state index in [1.807, 2.05) is 0 Å². The molecular formula is C15H23BF3KO. The molecular weight excluding hydrogens is 303 g/mol. The second kappa shape index (κ2) is 11.1. The number of halogens is 3. The van der Waals surface area contributed by atoms with Crippen molar-refractivity contribution in [2.75, 3.05) is 6.61 Å². The molecule has 6 heteroatoms. The Hall–Kier alpha value is 0.511. The Kier molecular flexibility index (Phi) is 11.4. The third-order valence-corrected chi connectivity index (χ3v) is 3.36. The van der Waals surface area contributed by atoms with Crippen LogP contribution in [0, 0.1) is 6.92 Å². The number of aryl methyl sites for hydroxylation is 1. The van der Waals surface area contributed by atoms with Gasteiger partial charge in [0.25, 0.3) is 0 Å². The van der Waals surface area contributed by atoms with E-state index in [4.69, 9.17) is 4.74 Å². The largest absolute Gasteiger partial charge is 1.00 e. The molecule has 0 unspecified atom stereocenters. The number of unbranched alkanes of at least 4 members (excludes halogenated alkanes) is 5. The molecule has 1 rings (SSSR count). The Bertz CT molecular complexity index is 410. The van der Waals surface area contributed by atoms with Gasteiger partial charge in [-0.1, -0.05) is 50.7 Å². The first-order valence-corrected chi connectivity index (χ1v) is 7.38.